The van der Waals surface area contributed by atoms with Gasteiger partial charge in [-0.25, -0.2) is 0 Å². The van der Waals surface area contributed by atoms with Gasteiger partial charge in [-0.3, -0.25) is 14.5 Å². The van der Waals surface area contributed by atoms with E-state index >= 15 is 0 Å². The number of piperazine rings is 1. The fourth-order valence-corrected chi connectivity index (χ4v) is 6.57. The Kier molecular flexibility index (Phi) is 9.01. The number of amides is 2. The van der Waals surface area contributed by atoms with E-state index in [1.54, 1.807) is 0 Å². The van der Waals surface area contributed by atoms with Crippen LogP contribution < -0.4 is 0 Å². The van der Waals surface area contributed by atoms with Crippen LogP contribution in [0.25, 0.3) is 0 Å². The van der Waals surface area contributed by atoms with Crippen LogP contribution in [-0.4, -0.2) is 65.3 Å². The van der Waals surface area contributed by atoms with Gasteiger partial charge in [0.2, 0.25) is 11.8 Å². The molecule has 3 heterocycles. The van der Waals surface area contributed by atoms with Crippen LogP contribution in [0.3, 0.4) is 0 Å². The number of fused-ring (bicyclic) bond motifs is 1. The van der Waals surface area contributed by atoms with Gasteiger partial charge in [-0.1, -0.05) is 50.5 Å². The smallest absolute Gasteiger partial charge is 0.223 e. The van der Waals surface area contributed by atoms with Crippen LogP contribution in [-0.2, 0) is 16.0 Å². The highest BCUT2D eigenvalue weighted by molar-refractivity contribution is 7.10. The topological polar surface area (TPSA) is 43.9 Å². The Morgan fingerprint density at radius 2 is 1.80 bits per heavy atom. The van der Waals surface area contributed by atoms with Crippen LogP contribution in [0.5, 0.6) is 0 Å². The number of nitrogens with zero attached hydrogens (tertiary/aromatic N) is 3. The number of carbonyl (C=O) groups is 2. The second kappa shape index (κ2) is 12.2. The largest absolute Gasteiger partial charge is 0.339 e. The summed E-state index contributed by atoms with van der Waals surface area (Å²) in [4.78, 5) is 33.8. The molecular formula is C29H41N3O2S. The number of rotatable bonds is 9. The fourth-order valence-electron chi connectivity index (χ4n) is 5.67. The van der Waals surface area contributed by atoms with Crippen LogP contribution in [0.15, 0.2) is 35.7 Å². The first-order chi connectivity index (χ1) is 17.0. The number of unbranched alkanes of at least 4 members (excludes halogenated alkanes) is 3. The minimum Gasteiger partial charge on any atom is -0.339 e. The maximum absolute atomic E-state index is 13.2. The normalized spacial score (nSPS) is 20.7. The van der Waals surface area contributed by atoms with E-state index in [9.17, 15) is 9.59 Å². The molecule has 2 aliphatic heterocycles. The molecule has 2 amide bonds. The summed E-state index contributed by atoms with van der Waals surface area (Å²) in [6.07, 6.45) is 6.70. The Balaban J connectivity index is 1.33. The van der Waals surface area contributed by atoms with Gasteiger partial charge in [0, 0.05) is 56.5 Å². The molecule has 0 bridgehead atoms. The number of carbonyl (C=O) groups excluding carboxylic acids is 2. The van der Waals surface area contributed by atoms with E-state index in [0.717, 1.165) is 32.4 Å². The zero-order chi connectivity index (χ0) is 24.8. The summed E-state index contributed by atoms with van der Waals surface area (Å²) in [5, 5.41) is 2.20. The summed E-state index contributed by atoms with van der Waals surface area (Å²) in [7, 11) is 0. The Labute approximate surface area is 215 Å². The minimum absolute atomic E-state index is 0.0921. The molecule has 190 valence electrons. The summed E-state index contributed by atoms with van der Waals surface area (Å²) in [5.74, 6) is 0.466. The van der Waals surface area contributed by atoms with E-state index in [2.05, 4.69) is 61.4 Å². The molecule has 0 radical (unpaired) electrons. The van der Waals surface area contributed by atoms with Crippen molar-refractivity contribution in [3.05, 3.63) is 57.3 Å². The van der Waals surface area contributed by atoms with Gasteiger partial charge in [-0.2, -0.15) is 0 Å². The van der Waals surface area contributed by atoms with Crippen molar-refractivity contribution in [2.75, 3.05) is 32.7 Å². The van der Waals surface area contributed by atoms with E-state index < -0.39 is 0 Å². The lowest BCUT2D eigenvalue weighted by Gasteiger charge is -2.41. The van der Waals surface area contributed by atoms with Crippen molar-refractivity contribution in [3.63, 3.8) is 0 Å². The van der Waals surface area contributed by atoms with Crippen molar-refractivity contribution in [1.82, 2.24) is 14.7 Å². The maximum Gasteiger partial charge on any atom is 0.223 e. The van der Waals surface area contributed by atoms with Crippen molar-refractivity contribution in [1.29, 1.82) is 0 Å². The standard InChI is InChI=1S/C29H41N3O2S/c1-4-5-6-7-12-28(34)32-19-18-31(21-23(32)3)27(33)14-17-30-16-13-26-25(15-20-35-26)29(30)24-11-9-8-10-22(24)2/h8-11,15,20,23,29H,4-7,12-14,16-19,21H2,1-3H3/t23-,29-/m0/s1. The SMILES string of the molecule is CCCCCCC(=O)N1CCN(C(=O)CCN2CCc3sccc3[C@@H]2c2ccccc2C)C[C@@H]1C. The molecule has 1 aromatic heterocycles. The van der Waals surface area contributed by atoms with E-state index in [1.165, 1.54) is 34.4 Å². The molecule has 6 heteroatoms. The van der Waals surface area contributed by atoms with Gasteiger partial charge in [-0.15, -0.1) is 11.3 Å². The second-order valence-electron chi connectivity index (χ2n) is 10.2. The van der Waals surface area contributed by atoms with Crippen LogP contribution >= 0.6 is 11.3 Å². The molecular weight excluding hydrogens is 454 g/mol. The van der Waals surface area contributed by atoms with Gasteiger partial charge < -0.3 is 9.80 Å². The average molecular weight is 496 g/mol. The predicted octanol–water partition coefficient (Wildman–Crippen LogP) is 5.42. The van der Waals surface area contributed by atoms with Gasteiger partial charge in [0.25, 0.3) is 0 Å². The Hall–Kier alpha value is -2.18. The molecule has 35 heavy (non-hydrogen) atoms. The van der Waals surface area contributed by atoms with Crippen LogP contribution in [0.2, 0.25) is 0 Å². The first kappa shape index (κ1) is 25.9. The molecule has 2 atom stereocenters. The highest BCUT2D eigenvalue weighted by atomic mass is 32.1. The molecule has 0 N–H and O–H groups in total. The molecule has 5 nitrogen and oxygen atoms in total. The monoisotopic (exact) mass is 495 g/mol. The lowest BCUT2D eigenvalue weighted by Crippen LogP contribution is -2.55. The Morgan fingerprint density at radius 1 is 0.971 bits per heavy atom. The van der Waals surface area contributed by atoms with Crippen molar-refractivity contribution in [2.45, 2.75) is 77.8 Å². The zero-order valence-electron chi connectivity index (χ0n) is 21.7. The minimum atomic E-state index is 0.0921. The fraction of sp³-hybridized carbons (Fsp3) is 0.586. The number of thiophene rings is 1. The first-order valence-electron chi connectivity index (χ1n) is 13.4. The lowest BCUT2D eigenvalue weighted by atomic mass is 9.90. The molecule has 0 unspecified atom stereocenters. The Morgan fingerprint density at radius 3 is 2.57 bits per heavy atom. The van der Waals surface area contributed by atoms with Crippen LogP contribution in [0.1, 0.15) is 80.0 Å². The summed E-state index contributed by atoms with van der Waals surface area (Å²) in [6.45, 7) is 10.2. The van der Waals surface area contributed by atoms with Crippen molar-refractivity contribution >= 4 is 23.2 Å². The zero-order valence-corrected chi connectivity index (χ0v) is 22.5. The van der Waals surface area contributed by atoms with Gasteiger partial charge in [0.1, 0.15) is 0 Å². The molecule has 0 aliphatic carbocycles. The van der Waals surface area contributed by atoms with Gasteiger partial charge >= 0.3 is 0 Å². The third kappa shape index (κ3) is 6.15. The van der Waals surface area contributed by atoms with Crippen molar-refractivity contribution < 1.29 is 9.59 Å². The number of benzene rings is 1. The van der Waals surface area contributed by atoms with Crippen molar-refractivity contribution in [2.24, 2.45) is 0 Å². The van der Waals surface area contributed by atoms with E-state index in [-0.39, 0.29) is 23.9 Å². The molecule has 4 rings (SSSR count). The quantitative estimate of drug-likeness (QED) is 0.436. The number of aryl methyl sites for hydroxylation is 1. The second-order valence-corrected chi connectivity index (χ2v) is 11.2. The van der Waals surface area contributed by atoms with Gasteiger partial charge in [-0.05, 0) is 54.8 Å². The average Bonchev–Trinajstić information content (AvgIpc) is 3.34. The predicted molar refractivity (Wildman–Crippen MR) is 144 cm³/mol. The first-order valence-corrected chi connectivity index (χ1v) is 14.3. The van der Waals surface area contributed by atoms with Gasteiger partial charge in [0.05, 0.1) is 6.04 Å². The number of hydrogen-bond donors (Lipinski definition) is 0. The van der Waals surface area contributed by atoms with Crippen molar-refractivity contribution in [3.8, 4) is 0 Å². The Bertz CT molecular complexity index is 1000. The molecule has 1 aromatic carbocycles. The molecule has 1 fully saturated rings. The summed E-state index contributed by atoms with van der Waals surface area (Å²) < 4.78 is 0. The molecule has 2 aliphatic rings. The molecule has 2 aromatic rings. The highest BCUT2D eigenvalue weighted by Gasteiger charge is 2.32. The van der Waals surface area contributed by atoms with E-state index in [4.69, 9.17) is 0 Å². The van der Waals surface area contributed by atoms with Crippen LogP contribution in [0, 0.1) is 6.92 Å². The third-order valence-electron chi connectivity index (χ3n) is 7.71. The summed E-state index contributed by atoms with van der Waals surface area (Å²) in [5.41, 5.74) is 4.05. The lowest BCUT2D eigenvalue weighted by molar-refractivity contribution is -0.142. The van der Waals surface area contributed by atoms with Crippen LogP contribution in [0.4, 0.5) is 0 Å². The molecule has 0 spiro atoms. The summed E-state index contributed by atoms with van der Waals surface area (Å²) >= 11 is 1.85. The highest BCUT2D eigenvalue weighted by Crippen LogP contribution is 2.38. The van der Waals surface area contributed by atoms with E-state index in [1.807, 2.05) is 21.1 Å². The maximum atomic E-state index is 13.2. The molecule has 1 saturated heterocycles. The molecule has 0 saturated carbocycles. The summed E-state index contributed by atoms with van der Waals surface area (Å²) in [6, 6.07) is 11.2. The number of hydrogen-bond acceptors (Lipinski definition) is 4. The van der Waals surface area contributed by atoms with E-state index in [0.29, 0.717) is 32.5 Å². The van der Waals surface area contributed by atoms with Gasteiger partial charge in [0.15, 0.2) is 0 Å². The third-order valence-corrected chi connectivity index (χ3v) is 8.70.